The summed E-state index contributed by atoms with van der Waals surface area (Å²) in [5, 5.41) is 21.4. The first-order chi connectivity index (χ1) is 8.80. The lowest BCUT2D eigenvalue weighted by atomic mass is 9.96. The lowest BCUT2D eigenvalue weighted by molar-refractivity contribution is -0.144. The van der Waals surface area contributed by atoms with Crippen LogP contribution in [0.1, 0.15) is 33.0 Å². The van der Waals surface area contributed by atoms with Gasteiger partial charge in [0.1, 0.15) is 11.4 Å². The first-order valence-electron chi connectivity index (χ1n) is 6.31. The lowest BCUT2D eigenvalue weighted by Crippen LogP contribution is -2.50. The smallest absolute Gasteiger partial charge is 0.323 e. The van der Waals surface area contributed by atoms with Gasteiger partial charge in [-0.15, -0.1) is 10.2 Å². The highest BCUT2D eigenvalue weighted by Crippen LogP contribution is 2.27. The first-order valence-corrected chi connectivity index (χ1v) is 7.19. The summed E-state index contributed by atoms with van der Waals surface area (Å²) in [7, 11) is 1.91. The van der Waals surface area contributed by atoms with Crippen molar-refractivity contribution < 1.29 is 9.90 Å². The Morgan fingerprint density at radius 3 is 2.63 bits per heavy atom. The monoisotopic (exact) mass is 286 g/mol. The van der Waals surface area contributed by atoms with Gasteiger partial charge in [-0.05, 0) is 26.8 Å². The van der Waals surface area contributed by atoms with E-state index in [1.54, 1.807) is 18.7 Å². The predicted molar refractivity (Wildman–Crippen MR) is 75.4 cm³/mol. The zero-order valence-corrected chi connectivity index (χ0v) is 12.9. The van der Waals surface area contributed by atoms with E-state index in [2.05, 4.69) is 15.5 Å². The summed E-state index contributed by atoms with van der Waals surface area (Å²) < 4.78 is 1.91. The van der Waals surface area contributed by atoms with E-state index in [0.29, 0.717) is 13.0 Å². The van der Waals surface area contributed by atoms with Gasteiger partial charge in [-0.25, -0.2) is 0 Å². The molecule has 0 saturated carbocycles. The van der Waals surface area contributed by atoms with Crippen molar-refractivity contribution in [3.05, 3.63) is 5.82 Å². The maximum Gasteiger partial charge on any atom is 0.323 e. The molecule has 1 aromatic heterocycles. The highest BCUT2D eigenvalue weighted by atomic mass is 32.2. The number of carboxylic acid groups (broad SMARTS) is 1. The minimum Gasteiger partial charge on any atom is -0.480 e. The molecule has 0 bridgehead atoms. The van der Waals surface area contributed by atoms with Crippen molar-refractivity contribution in [1.29, 1.82) is 0 Å². The number of likely N-dealkylation sites (N-methyl/N-ethyl adjacent to an activating group) is 1. The van der Waals surface area contributed by atoms with E-state index < -0.39 is 11.5 Å². The Bertz CT molecular complexity index is 449. The minimum atomic E-state index is -0.908. The van der Waals surface area contributed by atoms with Crippen LogP contribution < -0.4 is 5.32 Å². The van der Waals surface area contributed by atoms with Crippen molar-refractivity contribution in [3.63, 3.8) is 0 Å². The average molecular weight is 286 g/mol. The van der Waals surface area contributed by atoms with Gasteiger partial charge in [-0.2, -0.15) is 0 Å². The van der Waals surface area contributed by atoms with Crippen LogP contribution in [-0.4, -0.2) is 43.2 Å². The lowest BCUT2D eigenvalue weighted by Gasteiger charge is -2.28. The van der Waals surface area contributed by atoms with E-state index >= 15 is 0 Å². The van der Waals surface area contributed by atoms with E-state index in [1.807, 2.05) is 32.4 Å². The number of carboxylic acids is 1. The van der Waals surface area contributed by atoms with E-state index in [9.17, 15) is 9.90 Å². The van der Waals surface area contributed by atoms with E-state index in [-0.39, 0.29) is 5.25 Å². The van der Waals surface area contributed by atoms with Crippen LogP contribution in [0.4, 0.5) is 0 Å². The number of aromatic nitrogens is 3. The van der Waals surface area contributed by atoms with Crippen LogP contribution in [0.15, 0.2) is 5.16 Å². The standard InChI is InChI=1S/C12H22N4O2S/c1-6-13-12(4,10(17)18)7-8(2)19-11-15-14-9(3)16(11)5/h8,13H,6-7H2,1-5H3,(H,17,18). The molecule has 19 heavy (non-hydrogen) atoms. The third-order valence-electron chi connectivity index (χ3n) is 3.09. The molecular weight excluding hydrogens is 264 g/mol. The van der Waals surface area contributed by atoms with Gasteiger partial charge in [0, 0.05) is 12.3 Å². The highest BCUT2D eigenvalue weighted by Gasteiger charge is 2.34. The summed E-state index contributed by atoms with van der Waals surface area (Å²) in [5.74, 6) is 0.0262. The average Bonchev–Trinajstić information content (AvgIpc) is 2.61. The maximum absolute atomic E-state index is 11.4. The van der Waals surface area contributed by atoms with Crippen molar-refractivity contribution in [3.8, 4) is 0 Å². The number of hydrogen-bond acceptors (Lipinski definition) is 5. The zero-order chi connectivity index (χ0) is 14.6. The van der Waals surface area contributed by atoms with Crippen molar-refractivity contribution in [2.24, 2.45) is 7.05 Å². The molecule has 0 aromatic carbocycles. The van der Waals surface area contributed by atoms with Gasteiger partial charge in [-0.1, -0.05) is 25.6 Å². The molecule has 0 amide bonds. The molecule has 2 N–H and O–H groups in total. The Morgan fingerprint density at radius 1 is 1.58 bits per heavy atom. The fourth-order valence-corrected chi connectivity index (χ4v) is 3.07. The highest BCUT2D eigenvalue weighted by molar-refractivity contribution is 7.99. The molecule has 6 nitrogen and oxygen atoms in total. The van der Waals surface area contributed by atoms with Gasteiger partial charge in [0.25, 0.3) is 0 Å². The molecule has 0 radical (unpaired) electrons. The fourth-order valence-electron chi connectivity index (χ4n) is 1.91. The van der Waals surface area contributed by atoms with Gasteiger partial charge < -0.3 is 15.0 Å². The summed E-state index contributed by atoms with van der Waals surface area (Å²) in [4.78, 5) is 11.4. The third kappa shape index (κ3) is 3.94. The van der Waals surface area contributed by atoms with E-state index in [0.717, 1.165) is 11.0 Å². The molecule has 0 aliphatic heterocycles. The van der Waals surface area contributed by atoms with Crippen LogP contribution >= 0.6 is 11.8 Å². The van der Waals surface area contributed by atoms with Gasteiger partial charge in [-0.3, -0.25) is 4.79 Å². The minimum absolute atomic E-state index is 0.127. The molecule has 7 heteroatoms. The Morgan fingerprint density at radius 2 is 2.21 bits per heavy atom. The largest absolute Gasteiger partial charge is 0.480 e. The maximum atomic E-state index is 11.4. The molecule has 0 aliphatic rings. The second-order valence-corrected chi connectivity index (χ2v) is 6.29. The number of nitrogens with one attached hydrogen (secondary N) is 1. The predicted octanol–water partition coefficient (Wildman–Crippen LogP) is 1.45. The Balaban J connectivity index is 2.70. The number of nitrogens with zero attached hydrogens (tertiary/aromatic N) is 3. The molecule has 1 rings (SSSR count). The molecule has 2 unspecified atom stereocenters. The second-order valence-electron chi connectivity index (χ2n) is 4.89. The number of aryl methyl sites for hydroxylation is 1. The van der Waals surface area contributed by atoms with Crippen molar-refractivity contribution >= 4 is 17.7 Å². The summed E-state index contributed by atoms with van der Waals surface area (Å²) in [6.45, 7) is 8.15. The fraction of sp³-hybridized carbons (Fsp3) is 0.750. The first kappa shape index (κ1) is 16.0. The van der Waals surface area contributed by atoms with E-state index in [1.165, 1.54) is 0 Å². The molecule has 1 aromatic rings. The molecule has 108 valence electrons. The number of aliphatic carboxylic acids is 1. The SMILES string of the molecule is CCNC(C)(CC(C)Sc1nnc(C)n1C)C(=O)O. The van der Waals surface area contributed by atoms with Crippen LogP contribution in [0.25, 0.3) is 0 Å². The van der Waals surface area contributed by atoms with Crippen molar-refractivity contribution in [2.75, 3.05) is 6.54 Å². The Hall–Kier alpha value is -1.08. The zero-order valence-electron chi connectivity index (χ0n) is 12.1. The normalized spacial score (nSPS) is 16.1. The molecular formula is C12H22N4O2S. The van der Waals surface area contributed by atoms with Gasteiger partial charge in [0.15, 0.2) is 5.16 Å². The van der Waals surface area contributed by atoms with Crippen LogP contribution in [0.2, 0.25) is 0 Å². The number of carbonyl (C=O) groups is 1. The molecule has 0 fully saturated rings. The molecule has 2 atom stereocenters. The quantitative estimate of drug-likeness (QED) is 0.738. The summed E-state index contributed by atoms with van der Waals surface area (Å²) in [5.41, 5.74) is -0.908. The third-order valence-corrected chi connectivity index (χ3v) is 4.23. The molecule has 0 saturated heterocycles. The molecule has 1 heterocycles. The van der Waals surface area contributed by atoms with Gasteiger partial charge >= 0.3 is 5.97 Å². The second kappa shape index (κ2) is 6.38. The van der Waals surface area contributed by atoms with Crippen LogP contribution in [-0.2, 0) is 11.8 Å². The Labute approximate surface area is 118 Å². The van der Waals surface area contributed by atoms with Crippen LogP contribution in [0, 0.1) is 6.92 Å². The topological polar surface area (TPSA) is 80.0 Å². The number of hydrogen-bond donors (Lipinski definition) is 2. The Kier molecular flexibility index (Phi) is 5.37. The summed E-state index contributed by atoms with van der Waals surface area (Å²) in [6, 6.07) is 0. The molecule has 0 spiro atoms. The summed E-state index contributed by atoms with van der Waals surface area (Å²) >= 11 is 1.55. The van der Waals surface area contributed by atoms with Crippen LogP contribution in [0.3, 0.4) is 0 Å². The van der Waals surface area contributed by atoms with Gasteiger partial charge in [0.05, 0.1) is 0 Å². The van der Waals surface area contributed by atoms with E-state index in [4.69, 9.17) is 0 Å². The number of thioether (sulfide) groups is 1. The van der Waals surface area contributed by atoms with Crippen molar-refractivity contribution in [2.45, 2.75) is 50.1 Å². The van der Waals surface area contributed by atoms with Crippen molar-refractivity contribution in [1.82, 2.24) is 20.1 Å². The van der Waals surface area contributed by atoms with Crippen LogP contribution in [0.5, 0.6) is 0 Å². The molecule has 0 aliphatic carbocycles. The van der Waals surface area contributed by atoms with Gasteiger partial charge in [0.2, 0.25) is 0 Å². The number of rotatable bonds is 7. The summed E-state index contributed by atoms with van der Waals surface area (Å²) in [6.07, 6.45) is 0.521.